The topological polar surface area (TPSA) is 85.6 Å². The van der Waals surface area contributed by atoms with Crippen LogP contribution in [0.3, 0.4) is 0 Å². The number of carbonyl (C=O) groups excluding carboxylic acids is 1. The van der Waals surface area contributed by atoms with Crippen LogP contribution >= 0.6 is 0 Å². The van der Waals surface area contributed by atoms with Gasteiger partial charge in [0.05, 0.1) is 25.4 Å². The zero-order chi connectivity index (χ0) is 23.2. The fourth-order valence-corrected chi connectivity index (χ4v) is 3.79. The van der Waals surface area contributed by atoms with Crippen LogP contribution in [0.4, 0.5) is 4.39 Å². The molecule has 2 heterocycles. The first-order chi connectivity index (χ1) is 16.1. The number of piperazine rings is 1. The quantitative estimate of drug-likeness (QED) is 0.517. The van der Waals surface area contributed by atoms with Gasteiger partial charge in [0.25, 0.3) is 5.91 Å². The Balaban J connectivity index is 1.38. The molecule has 0 unspecified atom stereocenters. The van der Waals surface area contributed by atoms with Crippen LogP contribution in [0.1, 0.15) is 30.0 Å². The molecule has 0 radical (unpaired) electrons. The lowest BCUT2D eigenvalue weighted by Gasteiger charge is -2.34. The van der Waals surface area contributed by atoms with Gasteiger partial charge in [-0.25, -0.2) is 4.39 Å². The van der Waals surface area contributed by atoms with Crippen molar-refractivity contribution in [2.45, 2.75) is 20.4 Å². The molecular weight excluding hydrogens is 427 g/mol. The number of benzene rings is 2. The predicted molar refractivity (Wildman–Crippen MR) is 119 cm³/mol. The average Bonchev–Trinajstić information content (AvgIpc) is 3.29. The van der Waals surface area contributed by atoms with E-state index >= 15 is 0 Å². The normalized spacial score (nSPS) is 14.3. The van der Waals surface area contributed by atoms with Crippen LogP contribution in [-0.2, 0) is 6.54 Å². The first-order valence-electron chi connectivity index (χ1n) is 11.0. The van der Waals surface area contributed by atoms with E-state index in [1.807, 2.05) is 18.7 Å². The molecule has 0 saturated carbocycles. The molecule has 1 aliphatic heterocycles. The number of rotatable bonds is 8. The number of hydrogen-bond acceptors (Lipinski definition) is 7. The number of nitrogens with zero attached hydrogens (tertiary/aromatic N) is 6. The van der Waals surface area contributed by atoms with Gasteiger partial charge in [0.2, 0.25) is 0 Å². The van der Waals surface area contributed by atoms with Gasteiger partial charge in [-0.1, -0.05) is 6.07 Å². The number of aromatic nitrogens is 4. The van der Waals surface area contributed by atoms with Crippen LogP contribution < -0.4 is 9.47 Å². The minimum absolute atomic E-state index is 0.0387. The molecule has 0 atom stereocenters. The van der Waals surface area contributed by atoms with E-state index in [9.17, 15) is 9.18 Å². The highest BCUT2D eigenvalue weighted by molar-refractivity contribution is 5.95. The van der Waals surface area contributed by atoms with Crippen LogP contribution in [0.5, 0.6) is 11.5 Å². The van der Waals surface area contributed by atoms with E-state index in [-0.39, 0.29) is 11.7 Å². The van der Waals surface area contributed by atoms with Crippen molar-refractivity contribution in [1.29, 1.82) is 0 Å². The Morgan fingerprint density at radius 2 is 1.76 bits per heavy atom. The smallest absolute Gasteiger partial charge is 0.254 e. The summed E-state index contributed by atoms with van der Waals surface area (Å²) >= 11 is 0. The molecule has 1 aromatic heterocycles. The number of ether oxygens (including phenoxy) is 2. The van der Waals surface area contributed by atoms with E-state index in [2.05, 4.69) is 20.4 Å². The highest BCUT2D eigenvalue weighted by Crippen LogP contribution is 2.29. The second-order valence-corrected chi connectivity index (χ2v) is 7.58. The molecule has 9 nitrogen and oxygen atoms in total. The third kappa shape index (κ3) is 5.28. The van der Waals surface area contributed by atoms with Crippen molar-refractivity contribution in [2.24, 2.45) is 0 Å². The van der Waals surface area contributed by atoms with Gasteiger partial charge in [-0.2, -0.15) is 4.68 Å². The van der Waals surface area contributed by atoms with E-state index in [0.29, 0.717) is 74.5 Å². The SMILES string of the molecule is CCOc1ccc(C(=O)N2CCN(Cc3nnnn3-c3cccc(F)c3)CC2)cc1OCC. The summed E-state index contributed by atoms with van der Waals surface area (Å²) in [6.45, 7) is 7.84. The Labute approximate surface area is 191 Å². The molecule has 1 amide bonds. The third-order valence-corrected chi connectivity index (χ3v) is 5.40. The van der Waals surface area contributed by atoms with Gasteiger partial charge in [-0.3, -0.25) is 9.69 Å². The Bertz CT molecular complexity index is 1100. The van der Waals surface area contributed by atoms with E-state index in [4.69, 9.17) is 9.47 Å². The van der Waals surface area contributed by atoms with E-state index in [1.165, 1.54) is 16.8 Å². The first-order valence-corrected chi connectivity index (χ1v) is 11.0. The molecule has 1 saturated heterocycles. The number of halogens is 1. The van der Waals surface area contributed by atoms with Gasteiger partial charge < -0.3 is 14.4 Å². The lowest BCUT2D eigenvalue weighted by Crippen LogP contribution is -2.48. The zero-order valence-electron chi connectivity index (χ0n) is 18.8. The van der Waals surface area contributed by atoms with Crippen LogP contribution in [0, 0.1) is 5.82 Å². The average molecular weight is 455 g/mol. The van der Waals surface area contributed by atoms with Crippen LogP contribution in [0.15, 0.2) is 42.5 Å². The molecular formula is C23H27FN6O3. The summed E-state index contributed by atoms with van der Waals surface area (Å²) in [7, 11) is 0. The molecule has 2 aromatic carbocycles. The van der Waals surface area contributed by atoms with Crippen molar-refractivity contribution in [3.05, 3.63) is 59.7 Å². The molecule has 33 heavy (non-hydrogen) atoms. The largest absolute Gasteiger partial charge is 0.490 e. The van der Waals surface area contributed by atoms with Gasteiger partial charge >= 0.3 is 0 Å². The highest BCUT2D eigenvalue weighted by atomic mass is 19.1. The molecule has 3 aromatic rings. The Morgan fingerprint density at radius 1 is 1.00 bits per heavy atom. The molecule has 4 rings (SSSR count). The lowest BCUT2D eigenvalue weighted by atomic mass is 10.1. The summed E-state index contributed by atoms with van der Waals surface area (Å²) in [5.41, 5.74) is 1.15. The summed E-state index contributed by atoms with van der Waals surface area (Å²) in [4.78, 5) is 17.1. The second-order valence-electron chi connectivity index (χ2n) is 7.58. The van der Waals surface area contributed by atoms with Crippen molar-refractivity contribution in [2.75, 3.05) is 39.4 Å². The minimum Gasteiger partial charge on any atom is -0.490 e. The standard InChI is InChI=1S/C23H27FN6O3/c1-3-32-20-9-8-17(14-21(20)33-4-2)23(31)29-12-10-28(11-13-29)16-22-25-26-27-30(22)19-7-5-6-18(24)15-19/h5-9,14-15H,3-4,10-13,16H2,1-2H3. The maximum atomic E-state index is 13.6. The Kier molecular flexibility index (Phi) is 7.13. The van der Waals surface area contributed by atoms with Gasteiger partial charge in [-0.05, 0) is 60.7 Å². The fourth-order valence-electron chi connectivity index (χ4n) is 3.79. The zero-order valence-corrected chi connectivity index (χ0v) is 18.8. The van der Waals surface area contributed by atoms with Crippen molar-refractivity contribution >= 4 is 5.91 Å². The molecule has 0 bridgehead atoms. The van der Waals surface area contributed by atoms with E-state index < -0.39 is 0 Å². The first kappa shape index (κ1) is 22.7. The third-order valence-electron chi connectivity index (χ3n) is 5.40. The fraction of sp³-hybridized carbons (Fsp3) is 0.391. The second kappa shape index (κ2) is 10.4. The van der Waals surface area contributed by atoms with Gasteiger partial charge in [-0.15, -0.1) is 5.10 Å². The summed E-state index contributed by atoms with van der Waals surface area (Å²) in [5, 5.41) is 11.8. The van der Waals surface area contributed by atoms with E-state index in [0.717, 1.165) is 0 Å². The summed E-state index contributed by atoms with van der Waals surface area (Å²) in [6, 6.07) is 11.5. The van der Waals surface area contributed by atoms with Gasteiger partial charge in [0, 0.05) is 31.7 Å². The van der Waals surface area contributed by atoms with Gasteiger partial charge in [0.1, 0.15) is 5.82 Å². The van der Waals surface area contributed by atoms with Crippen LogP contribution in [0.25, 0.3) is 5.69 Å². The van der Waals surface area contributed by atoms with Crippen molar-refractivity contribution in [3.63, 3.8) is 0 Å². The minimum atomic E-state index is -0.345. The molecule has 0 aliphatic carbocycles. The number of carbonyl (C=O) groups is 1. The van der Waals surface area contributed by atoms with Crippen LogP contribution in [-0.4, -0.2) is 75.3 Å². The summed E-state index contributed by atoms with van der Waals surface area (Å²) < 4.78 is 26.4. The Hall–Kier alpha value is -3.53. The van der Waals surface area contributed by atoms with Crippen molar-refractivity contribution in [1.82, 2.24) is 30.0 Å². The molecule has 10 heteroatoms. The monoisotopic (exact) mass is 454 g/mol. The molecule has 1 aliphatic rings. The summed E-state index contributed by atoms with van der Waals surface area (Å²) in [6.07, 6.45) is 0. The summed E-state index contributed by atoms with van der Waals surface area (Å²) in [5.74, 6) is 1.45. The van der Waals surface area contributed by atoms with Crippen molar-refractivity contribution < 1.29 is 18.7 Å². The predicted octanol–water partition coefficient (Wildman–Crippen LogP) is 2.56. The molecule has 174 valence electrons. The lowest BCUT2D eigenvalue weighted by molar-refractivity contribution is 0.0624. The number of amides is 1. The maximum Gasteiger partial charge on any atom is 0.254 e. The maximum absolute atomic E-state index is 13.6. The van der Waals surface area contributed by atoms with E-state index in [1.54, 1.807) is 30.3 Å². The van der Waals surface area contributed by atoms with Crippen molar-refractivity contribution in [3.8, 4) is 17.2 Å². The number of tetrazole rings is 1. The highest BCUT2D eigenvalue weighted by Gasteiger charge is 2.24. The van der Waals surface area contributed by atoms with Crippen LogP contribution in [0.2, 0.25) is 0 Å². The molecule has 0 spiro atoms. The molecule has 0 N–H and O–H groups in total. The van der Waals surface area contributed by atoms with Gasteiger partial charge in [0.15, 0.2) is 17.3 Å². The molecule has 1 fully saturated rings. The number of hydrogen-bond donors (Lipinski definition) is 0. The Morgan fingerprint density at radius 3 is 2.48 bits per heavy atom.